The Balaban J connectivity index is 1.99. The topological polar surface area (TPSA) is 46.5 Å². The lowest BCUT2D eigenvalue weighted by atomic mass is 9.70. The van der Waals surface area contributed by atoms with Gasteiger partial charge in [-0.1, -0.05) is 6.42 Å². The number of carbonyl (C=O) groups is 1. The van der Waals surface area contributed by atoms with Gasteiger partial charge in [-0.2, -0.15) is 0 Å². The molecule has 0 saturated heterocycles. The first kappa shape index (κ1) is 14.8. The summed E-state index contributed by atoms with van der Waals surface area (Å²) < 4.78 is 5.43. The molecule has 2 aliphatic carbocycles. The lowest BCUT2D eigenvalue weighted by Gasteiger charge is -2.40. The minimum atomic E-state index is -0.853. The van der Waals surface area contributed by atoms with Crippen LogP contribution in [-0.2, 0) is 9.53 Å². The Morgan fingerprint density at radius 1 is 1.26 bits per heavy atom. The van der Waals surface area contributed by atoms with Crippen LogP contribution in [0.2, 0.25) is 0 Å². The van der Waals surface area contributed by atoms with Gasteiger partial charge in [0.2, 0.25) is 0 Å². The van der Waals surface area contributed by atoms with E-state index in [-0.39, 0.29) is 5.97 Å². The SMILES string of the molecule is CC(C(=O)OC(C)(C)C)C1(O)CCCC(C2CC2)C1. The summed E-state index contributed by atoms with van der Waals surface area (Å²) in [7, 11) is 0. The van der Waals surface area contributed by atoms with Gasteiger partial charge in [0.15, 0.2) is 0 Å². The molecule has 19 heavy (non-hydrogen) atoms. The Bertz CT molecular complexity index is 340. The summed E-state index contributed by atoms with van der Waals surface area (Å²) in [5, 5.41) is 10.9. The Hall–Kier alpha value is -0.570. The molecule has 0 aromatic rings. The van der Waals surface area contributed by atoms with Crippen LogP contribution in [-0.4, -0.2) is 22.3 Å². The van der Waals surface area contributed by atoms with Gasteiger partial charge in [-0.3, -0.25) is 4.79 Å². The molecule has 2 aliphatic rings. The highest BCUT2D eigenvalue weighted by atomic mass is 16.6. The molecular weight excluding hydrogens is 240 g/mol. The predicted molar refractivity (Wildman–Crippen MR) is 74.6 cm³/mol. The molecule has 3 unspecified atom stereocenters. The molecule has 3 nitrogen and oxygen atoms in total. The zero-order valence-electron chi connectivity index (χ0n) is 12.7. The summed E-state index contributed by atoms with van der Waals surface area (Å²) in [6.07, 6.45) is 6.37. The van der Waals surface area contributed by atoms with Crippen molar-refractivity contribution in [3.05, 3.63) is 0 Å². The zero-order chi connectivity index (χ0) is 14.3. The number of carbonyl (C=O) groups excluding carboxylic acids is 1. The highest BCUT2D eigenvalue weighted by Gasteiger charge is 2.46. The van der Waals surface area contributed by atoms with Gasteiger partial charge in [-0.25, -0.2) is 0 Å². The normalized spacial score (nSPS) is 33.8. The van der Waals surface area contributed by atoms with Gasteiger partial charge < -0.3 is 9.84 Å². The van der Waals surface area contributed by atoms with E-state index < -0.39 is 17.1 Å². The van der Waals surface area contributed by atoms with Gasteiger partial charge in [0.05, 0.1) is 11.5 Å². The average Bonchev–Trinajstić information content (AvgIpc) is 3.09. The molecule has 2 fully saturated rings. The summed E-state index contributed by atoms with van der Waals surface area (Å²) >= 11 is 0. The third-order valence-corrected chi connectivity index (χ3v) is 4.66. The van der Waals surface area contributed by atoms with Crippen molar-refractivity contribution in [1.82, 2.24) is 0 Å². The van der Waals surface area contributed by atoms with Crippen molar-refractivity contribution in [2.45, 2.75) is 77.4 Å². The van der Waals surface area contributed by atoms with Gasteiger partial charge in [0.25, 0.3) is 0 Å². The van der Waals surface area contributed by atoms with Crippen molar-refractivity contribution in [1.29, 1.82) is 0 Å². The van der Waals surface area contributed by atoms with E-state index in [9.17, 15) is 9.90 Å². The zero-order valence-corrected chi connectivity index (χ0v) is 12.7. The number of aliphatic hydroxyl groups is 1. The fourth-order valence-corrected chi connectivity index (χ4v) is 3.30. The van der Waals surface area contributed by atoms with E-state index in [1.807, 2.05) is 27.7 Å². The maximum Gasteiger partial charge on any atom is 0.312 e. The summed E-state index contributed by atoms with van der Waals surface area (Å²) in [5.41, 5.74) is -1.33. The highest BCUT2D eigenvalue weighted by molar-refractivity contribution is 5.74. The van der Waals surface area contributed by atoms with Crippen LogP contribution in [0.3, 0.4) is 0 Å². The van der Waals surface area contributed by atoms with E-state index >= 15 is 0 Å². The Morgan fingerprint density at radius 3 is 2.42 bits per heavy atom. The van der Waals surface area contributed by atoms with Gasteiger partial charge in [-0.15, -0.1) is 0 Å². The van der Waals surface area contributed by atoms with Crippen molar-refractivity contribution >= 4 is 5.97 Å². The van der Waals surface area contributed by atoms with Crippen molar-refractivity contribution in [3.63, 3.8) is 0 Å². The number of rotatable bonds is 3. The maximum atomic E-state index is 12.2. The van der Waals surface area contributed by atoms with E-state index in [1.54, 1.807) is 0 Å². The summed E-state index contributed by atoms with van der Waals surface area (Å²) in [6, 6.07) is 0. The molecule has 0 aromatic heterocycles. The molecule has 0 radical (unpaired) electrons. The molecule has 2 rings (SSSR count). The molecule has 0 bridgehead atoms. The summed E-state index contributed by atoms with van der Waals surface area (Å²) in [5.74, 6) is 0.737. The first-order valence-corrected chi connectivity index (χ1v) is 7.66. The first-order chi connectivity index (χ1) is 8.71. The lowest BCUT2D eigenvalue weighted by molar-refractivity contribution is -0.172. The second-order valence-corrected chi connectivity index (χ2v) is 7.55. The molecule has 0 amide bonds. The molecule has 0 spiro atoms. The van der Waals surface area contributed by atoms with Gasteiger partial charge in [-0.05, 0) is 71.6 Å². The third-order valence-electron chi connectivity index (χ3n) is 4.66. The molecule has 2 saturated carbocycles. The Labute approximate surface area is 116 Å². The Kier molecular flexibility index (Phi) is 3.97. The molecule has 0 aliphatic heterocycles. The van der Waals surface area contributed by atoms with Crippen LogP contribution >= 0.6 is 0 Å². The molecule has 3 atom stereocenters. The standard InChI is InChI=1S/C16H28O3/c1-11(14(17)19-15(2,3)4)16(18)9-5-6-13(10-16)12-7-8-12/h11-13,18H,5-10H2,1-4H3. The number of ether oxygens (including phenoxy) is 1. The van der Waals surface area contributed by atoms with Gasteiger partial charge in [0, 0.05) is 0 Å². The number of esters is 1. The fourth-order valence-electron chi connectivity index (χ4n) is 3.30. The van der Waals surface area contributed by atoms with E-state index in [2.05, 4.69) is 0 Å². The molecule has 110 valence electrons. The van der Waals surface area contributed by atoms with E-state index in [1.165, 1.54) is 19.3 Å². The maximum absolute atomic E-state index is 12.2. The van der Waals surface area contributed by atoms with Crippen LogP contribution in [0.15, 0.2) is 0 Å². The van der Waals surface area contributed by atoms with Gasteiger partial charge in [0.1, 0.15) is 5.60 Å². The predicted octanol–water partition coefficient (Wildman–Crippen LogP) is 3.30. The van der Waals surface area contributed by atoms with Crippen molar-refractivity contribution in [3.8, 4) is 0 Å². The van der Waals surface area contributed by atoms with Crippen LogP contribution in [0.25, 0.3) is 0 Å². The Morgan fingerprint density at radius 2 is 1.89 bits per heavy atom. The van der Waals surface area contributed by atoms with Crippen LogP contribution in [0.5, 0.6) is 0 Å². The van der Waals surface area contributed by atoms with Crippen LogP contribution in [0, 0.1) is 17.8 Å². The minimum absolute atomic E-state index is 0.258. The second-order valence-electron chi connectivity index (χ2n) is 7.55. The van der Waals surface area contributed by atoms with Gasteiger partial charge >= 0.3 is 5.97 Å². The third kappa shape index (κ3) is 3.71. The van der Waals surface area contributed by atoms with E-state index in [0.717, 1.165) is 25.2 Å². The fraction of sp³-hybridized carbons (Fsp3) is 0.938. The quantitative estimate of drug-likeness (QED) is 0.799. The van der Waals surface area contributed by atoms with Crippen molar-refractivity contribution in [2.75, 3.05) is 0 Å². The molecule has 0 aromatic carbocycles. The van der Waals surface area contributed by atoms with E-state index in [0.29, 0.717) is 5.92 Å². The lowest BCUT2D eigenvalue weighted by Crippen LogP contribution is -2.46. The highest BCUT2D eigenvalue weighted by Crippen LogP contribution is 2.48. The van der Waals surface area contributed by atoms with Crippen molar-refractivity contribution in [2.24, 2.45) is 17.8 Å². The summed E-state index contributed by atoms with van der Waals surface area (Å²) in [6.45, 7) is 7.43. The molecule has 0 heterocycles. The molecular formula is C16H28O3. The number of hydrogen-bond acceptors (Lipinski definition) is 3. The largest absolute Gasteiger partial charge is 0.460 e. The second kappa shape index (κ2) is 5.08. The molecule has 1 N–H and O–H groups in total. The van der Waals surface area contributed by atoms with Crippen LogP contribution < -0.4 is 0 Å². The van der Waals surface area contributed by atoms with E-state index in [4.69, 9.17) is 4.74 Å². The summed E-state index contributed by atoms with van der Waals surface area (Å²) in [4.78, 5) is 12.2. The van der Waals surface area contributed by atoms with Crippen molar-refractivity contribution < 1.29 is 14.6 Å². The monoisotopic (exact) mass is 268 g/mol. The minimum Gasteiger partial charge on any atom is -0.460 e. The molecule has 3 heteroatoms. The van der Waals surface area contributed by atoms with Crippen LogP contribution in [0.1, 0.15) is 66.2 Å². The average molecular weight is 268 g/mol. The first-order valence-electron chi connectivity index (χ1n) is 7.66. The smallest absolute Gasteiger partial charge is 0.312 e. The van der Waals surface area contributed by atoms with Crippen LogP contribution in [0.4, 0.5) is 0 Å². The number of hydrogen-bond donors (Lipinski definition) is 1.